The van der Waals surface area contributed by atoms with Gasteiger partial charge in [0.05, 0.1) is 0 Å². The van der Waals surface area contributed by atoms with Crippen LogP contribution in [-0.2, 0) is 9.59 Å². The van der Waals surface area contributed by atoms with Crippen LogP contribution in [-0.4, -0.2) is 54.0 Å². The van der Waals surface area contributed by atoms with Crippen molar-refractivity contribution in [1.29, 1.82) is 0 Å². The van der Waals surface area contributed by atoms with Crippen LogP contribution in [0.15, 0.2) is 18.2 Å². The van der Waals surface area contributed by atoms with E-state index in [1.807, 2.05) is 11.8 Å². The average molecular weight is 420 g/mol. The Morgan fingerprint density at radius 2 is 1.97 bits per heavy atom. The maximum Gasteiger partial charge on any atom is 0.322 e. The molecule has 1 aliphatic carbocycles. The predicted octanol–water partition coefficient (Wildman–Crippen LogP) is 2.02. The van der Waals surface area contributed by atoms with Gasteiger partial charge in [-0.3, -0.25) is 14.9 Å². The van der Waals surface area contributed by atoms with Gasteiger partial charge in [-0.25, -0.2) is 13.6 Å². The van der Waals surface area contributed by atoms with Gasteiger partial charge in [0, 0.05) is 43.3 Å². The Morgan fingerprint density at radius 1 is 1.23 bits per heavy atom. The third kappa shape index (κ3) is 3.61. The number of carbonyl (C=O) groups is 3. The van der Waals surface area contributed by atoms with E-state index < -0.39 is 29.1 Å². The number of amides is 4. The lowest BCUT2D eigenvalue weighted by Gasteiger charge is -2.42. The summed E-state index contributed by atoms with van der Waals surface area (Å²) in [6.45, 7) is 5.10. The van der Waals surface area contributed by atoms with E-state index in [1.54, 1.807) is 11.8 Å². The van der Waals surface area contributed by atoms with Crippen molar-refractivity contribution in [2.75, 3.05) is 24.5 Å². The fourth-order valence-electron chi connectivity index (χ4n) is 4.77. The first-order valence-electron chi connectivity index (χ1n) is 10.4. The van der Waals surface area contributed by atoms with Crippen LogP contribution in [0, 0.1) is 23.5 Å². The molecule has 3 aliphatic rings. The molecule has 162 valence electrons. The summed E-state index contributed by atoms with van der Waals surface area (Å²) in [6.07, 6.45) is 1.99. The van der Waals surface area contributed by atoms with Crippen molar-refractivity contribution in [3.05, 3.63) is 29.8 Å². The normalized spacial score (nSPS) is 27.7. The summed E-state index contributed by atoms with van der Waals surface area (Å²) in [4.78, 5) is 41.0. The smallest absolute Gasteiger partial charge is 0.322 e. The maximum absolute atomic E-state index is 13.6. The second kappa shape index (κ2) is 7.52. The monoisotopic (exact) mass is 420 g/mol. The molecule has 2 aliphatic heterocycles. The topological polar surface area (TPSA) is 81.8 Å². The molecule has 1 unspecified atom stereocenters. The Kier molecular flexibility index (Phi) is 5.15. The van der Waals surface area contributed by atoms with E-state index in [2.05, 4.69) is 10.6 Å². The Morgan fingerprint density at radius 3 is 2.53 bits per heavy atom. The quantitative estimate of drug-likeness (QED) is 0.714. The molecule has 0 spiro atoms. The van der Waals surface area contributed by atoms with Crippen LogP contribution >= 0.6 is 0 Å². The second-order valence-electron chi connectivity index (χ2n) is 8.68. The third-order valence-electron chi connectivity index (χ3n) is 6.47. The van der Waals surface area contributed by atoms with Gasteiger partial charge in [-0.05, 0) is 44.2 Å². The molecule has 0 radical (unpaired) electrons. The van der Waals surface area contributed by atoms with Crippen molar-refractivity contribution in [3.8, 4) is 0 Å². The summed E-state index contributed by atoms with van der Waals surface area (Å²) in [6, 6.07) is 3.24. The number of nitrogens with one attached hydrogen (secondary N) is 2. The van der Waals surface area contributed by atoms with E-state index in [0.29, 0.717) is 25.3 Å². The number of hydrogen-bond acceptors (Lipinski definition) is 4. The number of imide groups is 1. The molecule has 0 bridgehead atoms. The van der Waals surface area contributed by atoms with Gasteiger partial charge in [-0.15, -0.1) is 0 Å². The maximum atomic E-state index is 13.6. The van der Waals surface area contributed by atoms with Crippen molar-refractivity contribution in [1.82, 2.24) is 15.5 Å². The fourth-order valence-corrected chi connectivity index (χ4v) is 4.77. The van der Waals surface area contributed by atoms with Gasteiger partial charge >= 0.3 is 6.03 Å². The highest BCUT2D eigenvalue weighted by molar-refractivity contribution is 6.07. The average Bonchev–Trinajstić information content (AvgIpc) is 3.50. The largest absolute Gasteiger partial charge is 0.365 e. The number of nitrogens with zero attached hydrogens (tertiary/aromatic N) is 2. The molecule has 0 aromatic heterocycles. The Labute approximate surface area is 173 Å². The first kappa shape index (κ1) is 20.6. The molecule has 3 atom stereocenters. The zero-order valence-corrected chi connectivity index (χ0v) is 17.1. The van der Waals surface area contributed by atoms with Crippen molar-refractivity contribution in [2.45, 2.75) is 44.7 Å². The van der Waals surface area contributed by atoms with Crippen LogP contribution in [0.5, 0.6) is 0 Å². The Hall–Kier alpha value is -2.71. The van der Waals surface area contributed by atoms with Gasteiger partial charge in [-0.2, -0.15) is 0 Å². The molecule has 1 saturated carbocycles. The molecular formula is C21H26F2N4O3. The third-order valence-corrected chi connectivity index (χ3v) is 6.47. The van der Waals surface area contributed by atoms with E-state index in [1.165, 1.54) is 12.1 Å². The highest BCUT2D eigenvalue weighted by atomic mass is 19.2. The zero-order valence-electron chi connectivity index (χ0n) is 17.1. The zero-order chi connectivity index (χ0) is 21.6. The van der Waals surface area contributed by atoms with E-state index in [-0.39, 0.29) is 30.2 Å². The van der Waals surface area contributed by atoms with Crippen LogP contribution < -0.4 is 15.5 Å². The van der Waals surface area contributed by atoms with Crippen molar-refractivity contribution in [3.63, 3.8) is 0 Å². The first-order valence-corrected chi connectivity index (χ1v) is 10.4. The van der Waals surface area contributed by atoms with E-state index >= 15 is 0 Å². The Bertz CT molecular complexity index is 891. The van der Waals surface area contributed by atoms with Gasteiger partial charge in [0.15, 0.2) is 11.6 Å². The summed E-state index contributed by atoms with van der Waals surface area (Å²) in [5, 5.41) is 5.08. The van der Waals surface area contributed by atoms with E-state index in [4.69, 9.17) is 0 Å². The highest BCUT2D eigenvalue weighted by Gasteiger charge is 2.56. The summed E-state index contributed by atoms with van der Waals surface area (Å²) in [5.41, 5.74) is -0.412. The lowest BCUT2D eigenvalue weighted by molar-refractivity contribution is -0.137. The van der Waals surface area contributed by atoms with Gasteiger partial charge in [0.1, 0.15) is 5.54 Å². The van der Waals surface area contributed by atoms with Crippen LogP contribution in [0.25, 0.3) is 0 Å². The molecule has 1 aromatic rings. The lowest BCUT2D eigenvalue weighted by Crippen LogP contribution is -2.56. The number of benzene rings is 1. The number of carbonyl (C=O) groups excluding carboxylic acids is 3. The van der Waals surface area contributed by atoms with E-state index in [0.717, 1.165) is 18.9 Å². The summed E-state index contributed by atoms with van der Waals surface area (Å²) >= 11 is 0. The summed E-state index contributed by atoms with van der Waals surface area (Å²) < 4.78 is 26.8. The number of urea groups is 1. The number of halogens is 2. The van der Waals surface area contributed by atoms with Crippen molar-refractivity contribution >= 4 is 23.5 Å². The van der Waals surface area contributed by atoms with Gasteiger partial charge in [0.25, 0.3) is 5.91 Å². The minimum Gasteiger partial charge on any atom is -0.365 e. The number of anilines is 1. The molecule has 4 rings (SSSR count). The molecule has 7 nitrogen and oxygen atoms in total. The molecule has 3 fully saturated rings. The number of hydrogen-bond donors (Lipinski definition) is 2. The van der Waals surface area contributed by atoms with Crippen molar-refractivity contribution in [2.24, 2.45) is 11.8 Å². The summed E-state index contributed by atoms with van der Waals surface area (Å²) in [5.74, 6) is -2.55. The molecule has 30 heavy (non-hydrogen) atoms. The molecule has 9 heteroatoms. The van der Waals surface area contributed by atoms with Gasteiger partial charge in [0.2, 0.25) is 5.91 Å². The van der Waals surface area contributed by atoms with Gasteiger partial charge in [-0.1, -0.05) is 6.92 Å². The Balaban J connectivity index is 1.41. The molecule has 1 aromatic carbocycles. The molecule has 2 saturated heterocycles. The van der Waals surface area contributed by atoms with Crippen LogP contribution in [0.1, 0.15) is 33.1 Å². The molecule has 2 heterocycles. The molecule has 2 N–H and O–H groups in total. The molecular weight excluding hydrogens is 394 g/mol. The number of piperazine rings is 1. The second-order valence-corrected chi connectivity index (χ2v) is 8.68. The fraction of sp³-hybridized carbons (Fsp3) is 0.571. The minimum absolute atomic E-state index is 0.0687. The molecule has 4 amide bonds. The van der Waals surface area contributed by atoms with Gasteiger partial charge < -0.3 is 15.1 Å². The van der Waals surface area contributed by atoms with E-state index in [9.17, 15) is 23.2 Å². The van der Waals surface area contributed by atoms with Crippen LogP contribution in [0.2, 0.25) is 0 Å². The minimum atomic E-state index is -0.995. The SMILES string of the molecule is CC(C[C@@]1(C2CC2)NC(=O)NC1=O)C(=O)N1CCN(c2ccc(F)c(F)c2)[C@@H](C)C1. The standard InChI is InChI=1S/C21H26F2N4O3/c1-12(10-21(14-3-4-14)19(29)24-20(30)25-21)18(28)26-7-8-27(13(2)11-26)15-5-6-16(22)17(23)9-15/h5-6,9,12-14H,3-4,7-8,10-11H2,1-2H3,(H2,24,25,29,30)/t12?,13-,21-/m0/s1. The number of rotatable bonds is 5. The lowest BCUT2D eigenvalue weighted by atomic mass is 9.83. The van der Waals surface area contributed by atoms with Crippen molar-refractivity contribution < 1.29 is 23.2 Å². The highest BCUT2D eigenvalue weighted by Crippen LogP contribution is 2.44. The first-order chi connectivity index (χ1) is 14.2. The summed E-state index contributed by atoms with van der Waals surface area (Å²) in [7, 11) is 0. The van der Waals surface area contributed by atoms with Crippen LogP contribution in [0.3, 0.4) is 0 Å². The predicted molar refractivity (Wildman–Crippen MR) is 106 cm³/mol. The van der Waals surface area contributed by atoms with Crippen LogP contribution in [0.4, 0.5) is 19.3 Å².